The summed E-state index contributed by atoms with van der Waals surface area (Å²) in [7, 11) is 0. The van der Waals surface area contributed by atoms with Crippen molar-refractivity contribution in [2.75, 3.05) is 6.54 Å². The van der Waals surface area contributed by atoms with Gasteiger partial charge in [0, 0.05) is 12.5 Å². The number of allylic oxidation sites excluding steroid dienone is 2. The van der Waals surface area contributed by atoms with Crippen LogP contribution in [0, 0.1) is 0 Å². The van der Waals surface area contributed by atoms with Gasteiger partial charge in [0.15, 0.2) is 0 Å². The average molecular weight is 383 g/mol. The van der Waals surface area contributed by atoms with Crippen LogP contribution in [0.5, 0.6) is 0 Å². The molecule has 0 aromatic heterocycles. The summed E-state index contributed by atoms with van der Waals surface area (Å²) in [6, 6.07) is 0.699. The Hall–Kier alpha value is -0.830. The molecule has 0 aromatic rings. The molecule has 0 fully saturated rings. The van der Waals surface area contributed by atoms with E-state index in [1.54, 1.807) is 0 Å². The number of amides is 1. The molecule has 27 heavy (non-hydrogen) atoms. The van der Waals surface area contributed by atoms with Crippen LogP contribution in [0.3, 0.4) is 0 Å². The molecule has 162 valence electrons. The predicted octanol–water partition coefficient (Wildman–Crippen LogP) is 6.90. The van der Waals surface area contributed by atoms with Gasteiger partial charge in [0.2, 0.25) is 5.91 Å². The molecule has 0 aliphatic carbocycles. The first-order valence-corrected chi connectivity index (χ1v) is 11.7. The highest BCUT2D eigenvalue weighted by molar-refractivity contribution is 5.73. The molecule has 0 bridgehead atoms. The zero-order valence-corrected chi connectivity index (χ0v) is 19.0. The monoisotopic (exact) mass is 382 g/mol. The smallest absolute Gasteiger partial charge is 0.217 e. The standard InChI is InChI=1S/C18H35NO.C6H15N/c1-2-3-4-5-6-7-8-9-10-11-12-13-14-15-16-17-18(19)20;1-4-6(3)7-5-2/h9-10H,2-8,11-17H2,1H3,(H2,19,20);6-7H,4-5H2,1-3H3/b10-9-;. The van der Waals surface area contributed by atoms with Gasteiger partial charge >= 0.3 is 0 Å². The lowest BCUT2D eigenvalue weighted by atomic mass is 10.1. The number of primary amides is 1. The van der Waals surface area contributed by atoms with Gasteiger partial charge in [-0.25, -0.2) is 0 Å². The van der Waals surface area contributed by atoms with E-state index in [1.165, 1.54) is 77.0 Å². The number of unbranched alkanes of at least 4 members (excludes halogenated alkanes) is 11. The highest BCUT2D eigenvalue weighted by Gasteiger charge is 1.94. The summed E-state index contributed by atoms with van der Waals surface area (Å²) in [5.74, 6) is -0.164. The van der Waals surface area contributed by atoms with Gasteiger partial charge in [-0.05, 0) is 52.0 Å². The van der Waals surface area contributed by atoms with Crippen LogP contribution in [-0.4, -0.2) is 18.5 Å². The first kappa shape index (κ1) is 28.4. The minimum absolute atomic E-state index is 0.164. The van der Waals surface area contributed by atoms with Gasteiger partial charge in [0.05, 0.1) is 0 Å². The first-order chi connectivity index (χ1) is 13.1. The Morgan fingerprint density at radius 3 is 1.70 bits per heavy atom. The summed E-state index contributed by atoms with van der Waals surface area (Å²) in [6.07, 6.45) is 23.2. The van der Waals surface area contributed by atoms with Crippen LogP contribution in [0.2, 0.25) is 0 Å². The molecule has 1 atom stereocenters. The van der Waals surface area contributed by atoms with Gasteiger partial charge in [-0.1, -0.05) is 84.3 Å². The lowest BCUT2D eigenvalue weighted by Crippen LogP contribution is -2.24. The average Bonchev–Trinajstić information content (AvgIpc) is 2.65. The molecule has 0 heterocycles. The Balaban J connectivity index is 0. The van der Waals surface area contributed by atoms with E-state index in [-0.39, 0.29) is 5.91 Å². The molecule has 0 saturated heterocycles. The summed E-state index contributed by atoms with van der Waals surface area (Å²) in [5, 5.41) is 3.30. The van der Waals surface area contributed by atoms with Crippen LogP contribution in [-0.2, 0) is 4.79 Å². The Morgan fingerprint density at radius 1 is 0.815 bits per heavy atom. The molecule has 3 nitrogen and oxygen atoms in total. The van der Waals surface area contributed by atoms with E-state index >= 15 is 0 Å². The zero-order chi connectivity index (χ0) is 20.6. The van der Waals surface area contributed by atoms with Gasteiger partial charge in [-0.15, -0.1) is 0 Å². The van der Waals surface area contributed by atoms with Crippen molar-refractivity contribution in [2.45, 2.75) is 130 Å². The van der Waals surface area contributed by atoms with E-state index in [2.05, 4.69) is 45.2 Å². The summed E-state index contributed by atoms with van der Waals surface area (Å²) in [5.41, 5.74) is 5.10. The number of carbonyl (C=O) groups excluding carboxylic acids is 1. The fourth-order valence-electron chi connectivity index (χ4n) is 2.86. The van der Waals surface area contributed by atoms with Crippen LogP contribution in [0.25, 0.3) is 0 Å². The SMILES string of the molecule is CCCCCCCC/C=C\CCCCCCCC(N)=O.CCNC(C)CC. The van der Waals surface area contributed by atoms with E-state index in [0.717, 1.165) is 19.4 Å². The summed E-state index contributed by atoms with van der Waals surface area (Å²) < 4.78 is 0. The van der Waals surface area contributed by atoms with E-state index in [9.17, 15) is 4.79 Å². The quantitative estimate of drug-likeness (QED) is 0.200. The second-order valence-corrected chi connectivity index (χ2v) is 7.67. The third-order valence-electron chi connectivity index (χ3n) is 4.85. The topological polar surface area (TPSA) is 55.1 Å². The molecule has 1 unspecified atom stereocenters. The number of rotatable bonds is 18. The van der Waals surface area contributed by atoms with Crippen LogP contribution < -0.4 is 11.1 Å². The number of carbonyl (C=O) groups is 1. The number of hydrogen-bond acceptors (Lipinski definition) is 2. The van der Waals surface area contributed by atoms with Crippen LogP contribution in [0.4, 0.5) is 0 Å². The van der Waals surface area contributed by atoms with Crippen LogP contribution in [0.1, 0.15) is 124 Å². The highest BCUT2D eigenvalue weighted by atomic mass is 16.1. The lowest BCUT2D eigenvalue weighted by molar-refractivity contribution is -0.118. The largest absolute Gasteiger partial charge is 0.370 e. The molecular formula is C24H50N2O. The van der Waals surface area contributed by atoms with E-state index in [0.29, 0.717) is 12.5 Å². The number of hydrogen-bond donors (Lipinski definition) is 2. The third-order valence-corrected chi connectivity index (χ3v) is 4.85. The second-order valence-electron chi connectivity index (χ2n) is 7.67. The minimum Gasteiger partial charge on any atom is -0.370 e. The Bertz CT molecular complexity index is 316. The van der Waals surface area contributed by atoms with E-state index in [4.69, 9.17) is 5.73 Å². The Labute approximate surface area is 171 Å². The lowest BCUT2D eigenvalue weighted by Gasteiger charge is -2.06. The summed E-state index contributed by atoms with van der Waals surface area (Å²) >= 11 is 0. The number of nitrogens with one attached hydrogen (secondary N) is 1. The Kier molecular flexibility index (Phi) is 26.5. The van der Waals surface area contributed by atoms with Crippen molar-refractivity contribution < 1.29 is 4.79 Å². The molecule has 0 aliphatic rings. The van der Waals surface area contributed by atoms with E-state index in [1.807, 2.05) is 0 Å². The van der Waals surface area contributed by atoms with Gasteiger partial charge in [-0.3, -0.25) is 4.79 Å². The predicted molar refractivity (Wildman–Crippen MR) is 122 cm³/mol. The fourth-order valence-corrected chi connectivity index (χ4v) is 2.86. The normalized spacial score (nSPS) is 12.0. The molecule has 0 aliphatic heterocycles. The van der Waals surface area contributed by atoms with Crippen molar-refractivity contribution in [3.8, 4) is 0 Å². The highest BCUT2D eigenvalue weighted by Crippen LogP contribution is 2.09. The second kappa shape index (κ2) is 25.2. The summed E-state index contributed by atoms with van der Waals surface area (Å²) in [6.45, 7) is 9.87. The zero-order valence-electron chi connectivity index (χ0n) is 19.0. The number of nitrogens with two attached hydrogens (primary N) is 1. The first-order valence-electron chi connectivity index (χ1n) is 11.7. The molecule has 1 amide bonds. The fraction of sp³-hybridized carbons (Fsp3) is 0.875. The van der Waals surface area contributed by atoms with Gasteiger partial charge in [-0.2, -0.15) is 0 Å². The maximum absolute atomic E-state index is 10.5. The molecule has 3 N–H and O–H groups in total. The van der Waals surface area contributed by atoms with Gasteiger partial charge in [0.1, 0.15) is 0 Å². The minimum atomic E-state index is -0.164. The van der Waals surface area contributed by atoms with Crippen LogP contribution >= 0.6 is 0 Å². The molecule has 0 spiro atoms. The van der Waals surface area contributed by atoms with Crippen molar-refractivity contribution in [2.24, 2.45) is 5.73 Å². The molecule has 0 saturated carbocycles. The molecule has 3 heteroatoms. The maximum Gasteiger partial charge on any atom is 0.217 e. The van der Waals surface area contributed by atoms with Gasteiger partial charge in [0.25, 0.3) is 0 Å². The molecular weight excluding hydrogens is 332 g/mol. The van der Waals surface area contributed by atoms with Crippen molar-refractivity contribution in [3.05, 3.63) is 12.2 Å². The van der Waals surface area contributed by atoms with E-state index < -0.39 is 0 Å². The van der Waals surface area contributed by atoms with Crippen molar-refractivity contribution in [1.82, 2.24) is 5.32 Å². The van der Waals surface area contributed by atoms with Crippen molar-refractivity contribution >= 4 is 5.91 Å². The molecule has 0 rings (SSSR count). The van der Waals surface area contributed by atoms with Crippen LogP contribution in [0.15, 0.2) is 12.2 Å². The molecule has 0 radical (unpaired) electrons. The van der Waals surface area contributed by atoms with Crippen molar-refractivity contribution in [3.63, 3.8) is 0 Å². The maximum atomic E-state index is 10.5. The van der Waals surface area contributed by atoms with Crippen molar-refractivity contribution in [1.29, 1.82) is 0 Å². The van der Waals surface area contributed by atoms with Gasteiger partial charge < -0.3 is 11.1 Å². The molecule has 0 aromatic carbocycles. The summed E-state index contributed by atoms with van der Waals surface area (Å²) in [4.78, 5) is 10.5. The Morgan fingerprint density at radius 2 is 1.30 bits per heavy atom. The third kappa shape index (κ3) is 30.2.